The van der Waals surface area contributed by atoms with Crippen LogP contribution in [-0.2, 0) is 35.7 Å². The molecule has 5 atom stereocenters. The van der Waals surface area contributed by atoms with Gasteiger partial charge in [0, 0.05) is 24.4 Å². The first-order chi connectivity index (χ1) is 25.2. The van der Waals surface area contributed by atoms with Crippen molar-refractivity contribution < 1.29 is 57.1 Å². The molecule has 1 aromatic carbocycles. The first kappa shape index (κ1) is 42.4. The zero-order chi connectivity index (χ0) is 38.8. The third-order valence-corrected chi connectivity index (χ3v) is 11.4. The predicted molar refractivity (Wildman–Crippen MR) is 191 cm³/mol. The fraction of sp³-hybridized carbons (Fsp3) is 0.725. The summed E-state index contributed by atoms with van der Waals surface area (Å²) in [4.78, 5) is 36.7. The maximum Gasteiger partial charge on any atom is 0.490 e. The van der Waals surface area contributed by atoms with Crippen molar-refractivity contribution in [3.05, 3.63) is 35.1 Å². The van der Waals surface area contributed by atoms with Crippen LogP contribution in [0.5, 0.6) is 11.5 Å². The number of aliphatic carboxylic acids is 1. The Bertz CT molecular complexity index is 1450. The van der Waals surface area contributed by atoms with Gasteiger partial charge in [-0.25, -0.2) is 9.59 Å². The summed E-state index contributed by atoms with van der Waals surface area (Å²) < 4.78 is 49.4. The number of ether oxygens (including phenoxy) is 3. The number of halogens is 3. The van der Waals surface area contributed by atoms with Gasteiger partial charge >= 0.3 is 24.1 Å². The molecule has 0 unspecified atom stereocenters. The van der Waals surface area contributed by atoms with Gasteiger partial charge in [-0.05, 0) is 57.5 Å². The van der Waals surface area contributed by atoms with Crippen LogP contribution in [0.1, 0.15) is 141 Å². The lowest BCUT2D eigenvalue weighted by atomic mass is 9.50. The molecule has 3 N–H and O–H groups in total. The molecule has 1 fully saturated rings. The number of piperidine rings is 1. The number of hydrogen-bond acceptors (Lipinski definition) is 9. The van der Waals surface area contributed by atoms with Gasteiger partial charge in [-0.15, -0.1) is 0 Å². The number of carboxylic acids is 1. The van der Waals surface area contributed by atoms with Gasteiger partial charge in [0.25, 0.3) is 0 Å². The number of aliphatic hydroxyl groups is 1. The Morgan fingerprint density at radius 3 is 2.06 bits per heavy atom. The van der Waals surface area contributed by atoms with Gasteiger partial charge in [0.2, 0.25) is 0 Å². The number of carbonyl (C=O) groups excluding carboxylic acids is 2. The van der Waals surface area contributed by atoms with E-state index in [1.807, 2.05) is 13.1 Å². The molecule has 2 aliphatic heterocycles. The van der Waals surface area contributed by atoms with Crippen molar-refractivity contribution >= 4 is 17.9 Å². The van der Waals surface area contributed by atoms with Crippen LogP contribution in [0.4, 0.5) is 13.2 Å². The standard InChI is InChI=1S/C38H57NO7.C2HF3O2/c1-4-5-6-7-8-9-10-11-12-13-14-15-16-17-18-19-32(41)44-27(2)36(42)45-30-22-23-38(43)31-26-28-20-21-29(40)34-33(28)37(38,35(30)46-34)24-25-39(31)3;3-2(4,5)1(6)7/h20-22,27,31,35,40,43H,4-19,23-26H2,1-3H3;(H,6,7)/t27-,31+,35-,37-,38+;/m0./s1. The Balaban J connectivity index is 0.000000815. The maximum absolute atomic E-state index is 13.1. The highest BCUT2D eigenvalue weighted by Crippen LogP contribution is 2.65. The number of rotatable bonds is 19. The first-order valence-electron chi connectivity index (χ1n) is 19.5. The largest absolute Gasteiger partial charge is 0.504 e. The Morgan fingerprint density at radius 1 is 0.962 bits per heavy atom. The molecule has 0 saturated carbocycles. The fourth-order valence-corrected chi connectivity index (χ4v) is 8.58. The third-order valence-electron chi connectivity index (χ3n) is 11.4. The van der Waals surface area contributed by atoms with E-state index in [2.05, 4.69) is 11.8 Å². The predicted octanol–water partition coefficient (Wildman–Crippen LogP) is 8.04. The third kappa shape index (κ3) is 9.87. The van der Waals surface area contributed by atoms with Crippen molar-refractivity contribution in [2.45, 2.75) is 171 Å². The zero-order valence-electron chi connectivity index (χ0n) is 31.5. The van der Waals surface area contributed by atoms with Gasteiger partial charge in [-0.1, -0.05) is 103 Å². The van der Waals surface area contributed by atoms with E-state index in [9.17, 15) is 33.0 Å². The maximum atomic E-state index is 13.1. The molecule has 2 aliphatic carbocycles. The molecule has 4 aliphatic rings. The summed E-state index contributed by atoms with van der Waals surface area (Å²) in [5.41, 5.74) is -0.0686. The molecule has 298 valence electrons. The van der Waals surface area contributed by atoms with Crippen LogP contribution >= 0.6 is 0 Å². The second-order valence-corrected chi connectivity index (χ2v) is 15.2. The number of likely N-dealkylation sites (tertiary alicyclic amines) is 1. The van der Waals surface area contributed by atoms with E-state index < -0.39 is 47.3 Å². The van der Waals surface area contributed by atoms with Crippen LogP contribution < -0.4 is 4.74 Å². The second kappa shape index (κ2) is 18.8. The Kier molecular flexibility index (Phi) is 15.1. The lowest BCUT2D eigenvalue weighted by Crippen LogP contribution is -2.74. The van der Waals surface area contributed by atoms with E-state index in [0.717, 1.165) is 36.9 Å². The van der Waals surface area contributed by atoms with Crippen molar-refractivity contribution in [3.8, 4) is 11.5 Å². The van der Waals surface area contributed by atoms with E-state index >= 15 is 0 Å². The fourth-order valence-electron chi connectivity index (χ4n) is 8.58. The highest BCUT2D eigenvalue weighted by Gasteiger charge is 2.72. The lowest BCUT2D eigenvalue weighted by Gasteiger charge is -2.61. The van der Waals surface area contributed by atoms with Crippen molar-refractivity contribution in [3.63, 3.8) is 0 Å². The first-order valence-corrected chi connectivity index (χ1v) is 19.5. The quantitative estimate of drug-likeness (QED) is 0.0939. The number of likely N-dealkylation sites (N-methyl/N-ethyl adjacent to an activating group) is 1. The molecule has 0 aromatic heterocycles. The van der Waals surface area contributed by atoms with E-state index in [1.165, 1.54) is 84.0 Å². The van der Waals surface area contributed by atoms with Gasteiger partial charge < -0.3 is 34.4 Å². The summed E-state index contributed by atoms with van der Waals surface area (Å²) >= 11 is 0. The number of unbranched alkanes of at least 4 members (excludes halogenated alkanes) is 14. The van der Waals surface area contributed by atoms with E-state index in [0.29, 0.717) is 30.8 Å². The molecule has 0 radical (unpaired) electrons. The number of carboxylic acid groups (broad SMARTS) is 1. The molecule has 1 aromatic rings. The van der Waals surface area contributed by atoms with Gasteiger partial charge in [-0.2, -0.15) is 13.2 Å². The molecule has 2 heterocycles. The molecule has 13 heteroatoms. The van der Waals surface area contributed by atoms with Crippen LogP contribution in [0, 0.1) is 0 Å². The van der Waals surface area contributed by atoms with Crippen LogP contribution in [0.3, 0.4) is 0 Å². The monoisotopic (exact) mass is 753 g/mol. The van der Waals surface area contributed by atoms with E-state index in [-0.39, 0.29) is 18.2 Å². The number of aromatic hydroxyl groups is 1. The van der Waals surface area contributed by atoms with Crippen LogP contribution in [-0.4, -0.2) is 81.7 Å². The molecule has 53 heavy (non-hydrogen) atoms. The van der Waals surface area contributed by atoms with Crippen molar-refractivity contribution in [1.29, 1.82) is 0 Å². The molecule has 1 spiro atoms. The Labute approximate surface area is 311 Å². The van der Waals surface area contributed by atoms with Gasteiger partial charge in [0.15, 0.2) is 23.7 Å². The molecule has 10 nitrogen and oxygen atoms in total. The smallest absolute Gasteiger partial charge is 0.490 e. The number of phenolic OH excluding ortho intramolecular Hbond substituents is 1. The van der Waals surface area contributed by atoms with Crippen molar-refractivity contribution in [1.82, 2.24) is 4.90 Å². The summed E-state index contributed by atoms with van der Waals surface area (Å²) in [6, 6.07) is 3.43. The van der Waals surface area contributed by atoms with Crippen LogP contribution in [0.15, 0.2) is 24.0 Å². The van der Waals surface area contributed by atoms with Crippen LogP contribution in [0.2, 0.25) is 0 Å². The van der Waals surface area contributed by atoms with Crippen LogP contribution in [0.25, 0.3) is 0 Å². The highest BCUT2D eigenvalue weighted by molar-refractivity contribution is 5.80. The summed E-state index contributed by atoms with van der Waals surface area (Å²) in [6.45, 7) is 4.54. The number of hydrogen-bond donors (Lipinski definition) is 3. The summed E-state index contributed by atoms with van der Waals surface area (Å²) in [5.74, 6) is -3.11. The number of alkyl halides is 3. The number of benzene rings is 1. The van der Waals surface area contributed by atoms with E-state index in [4.69, 9.17) is 24.1 Å². The zero-order valence-corrected chi connectivity index (χ0v) is 31.5. The van der Waals surface area contributed by atoms with Gasteiger partial charge in [0.05, 0.1) is 11.0 Å². The topological polar surface area (TPSA) is 143 Å². The summed E-state index contributed by atoms with van der Waals surface area (Å²) in [5, 5.41) is 30.1. The molecule has 2 bridgehead atoms. The molecule has 5 rings (SSSR count). The van der Waals surface area contributed by atoms with E-state index in [1.54, 1.807) is 12.1 Å². The number of carbonyl (C=O) groups is 3. The molecule has 0 amide bonds. The van der Waals surface area contributed by atoms with Gasteiger partial charge in [0.1, 0.15) is 5.76 Å². The minimum atomic E-state index is -5.08. The second-order valence-electron chi connectivity index (χ2n) is 15.2. The normalized spacial score (nSPS) is 24.5. The molecular formula is C40H58F3NO9. The number of esters is 2. The molecule has 1 saturated heterocycles. The van der Waals surface area contributed by atoms with Crippen molar-refractivity contribution in [2.24, 2.45) is 0 Å². The number of phenols is 1. The molecular weight excluding hydrogens is 695 g/mol. The van der Waals surface area contributed by atoms with Crippen molar-refractivity contribution in [2.75, 3.05) is 13.6 Å². The summed E-state index contributed by atoms with van der Waals surface area (Å²) in [6.07, 6.45) is 15.6. The lowest BCUT2D eigenvalue weighted by molar-refractivity contribution is -0.192. The minimum absolute atomic E-state index is 0.0223. The average Bonchev–Trinajstić information content (AvgIpc) is 3.46. The SMILES string of the molecule is CCCCCCCCCCCCCCCCCC(=O)O[C@@H](C)C(=O)OC1=CC[C@@]2(O)[C@H]3Cc4ccc(O)c5c4[C@@]2(CCN3C)[C@H]1O5.O=C(O)C(F)(F)F. The average molecular weight is 754 g/mol. The summed E-state index contributed by atoms with van der Waals surface area (Å²) in [7, 11) is 2.03. The highest BCUT2D eigenvalue weighted by atomic mass is 19.4. The number of nitrogens with zero attached hydrogens (tertiary/aromatic N) is 1. The van der Waals surface area contributed by atoms with Gasteiger partial charge in [-0.3, -0.25) is 4.79 Å². The Morgan fingerprint density at radius 2 is 1.51 bits per heavy atom. The Hall–Kier alpha value is -3.32. The minimum Gasteiger partial charge on any atom is -0.504 e.